The number of benzene rings is 1. The number of amides is 2. The Hall–Kier alpha value is -4.41. The Morgan fingerprint density at radius 3 is 2.51 bits per heavy atom. The molecule has 0 aliphatic carbocycles. The van der Waals surface area contributed by atoms with Gasteiger partial charge in [-0.05, 0) is 46.8 Å². The summed E-state index contributed by atoms with van der Waals surface area (Å²) in [6, 6.07) is 4.88. The molecule has 1 fully saturated rings. The highest BCUT2D eigenvalue weighted by atomic mass is 19.1. The van der Waals surface area contributed by atoms with Gasteiger partial charge in [0.05, 0.1) is 28.7 Å². The Bertz CT molecular complexity index is 1610. The lowest BCUT2D eigenvalue weighted by Gasteiger charge is -2.37. The van der Waals surface area contributed by atoms with E-state index in [1.54, 1.807) is 45.6 Å². The molecule has 39 heavy (non-hydrogen) atoms. The van der Waals surface area contributed by atoms with Crippen LogP contribution in [-0.2, 0) is 4.74 Å². The average Bonchev–Trinajstić information content (AvgIpc) is 3.46. The largest absolute Gasteiger partial charge is 0.444 e. The second-order valence-electron chi connectivity index (χ2n) is 10.8. The molecule has 1 aromatic carbocycles. The fraction of sp³-hybridized carbons (Fsp3) is 0.357. The Morgan fingerprint density at radius 2 is 1.85 bits per heavy atom. The van der Waals surface area contributed by atoms with E-state index in [1.807, 2.05) is 33.8 Å². The van der Waals surface area contributed by atoms with Crippen molar-refractivity contribution in [1.82, 2.24) is 24.1 Å². The predicted octanol–water partition coefficient (Wildman–Crippen LogP) is 4.93. The van der Waals surface area contributed by atoms with E-state index >= 15 is 0 Å². The number of anilines is 2. The average molecular weight is 534 g/mol. The lowest BCUT2D eigenvalue weighted by Crippen LogP contribution is -2.50. The summed E-state index contributed by atoms with van der Waals surface area (Å²) in [6.45, 7) is 15.4. The maximum Gasteiger partial charge on any atom is 0.410 e. The highest BCUT2D eigenvalue weighted by Gasteiger charge is 2.28. The molecular weight excluding hydrogens is 501 g/mol. The number of carbonyl (C=O) groups excluding carboxylic acids is 2. The van der Waals surface area contributed by atoms with Crippen molar-refractivity contribution in [3.63, 3.8) is 0 Å². The number of nitrogens with zero attached hydrogens (tertiary/aromatic N) is 6. The van der Waals surface area contributed by atoms with Crippen LogP contribution in [0.2, 0.25) is 0 Å². The van der Waals surface area contributed by atoms with Gasteiger partial charge < -0.3 is 24.3 Å². The number of fused-ring (bicyclic) bond motifs is 2. The maximum absolute atomic E-state index is 14.6. The molecule has 0 spiro atoms. The first-order valence-corrected chi connectivity index (χ1v) is 12.8. The zero-order valence-corrected chi connectivity index (χ0v) is 22.8. The minimum Gasteiger partial charge on any atom is -0.444 e. The molecule has 0 radical (unpaired) electrons. The van der Waals surface area contributed by atoms with Crippen molar-refractivity contribution in [2.24, 2.45) is 0 Å². The van der Waals surface area contributed by atoms with Gasteiger partial charge in [-0.1, -0.05) is 6.58 Å². The van der Waals surface area contributed by atoms with Crippen LogP contribution in [0.4, 0.5) is 20.6 Å². The molecule has 1 N–H and O–H groups in total. The number of aromatic nitrogens is 4. The summed E-state index contributed by atoms with van der Waals surface area (Å²) in [6.07, 6.45) is 4.72. The molecule has 3 aromatic heterocycles. The Morgan fingerprint density at radius 1 is 1.13 bits per heavy atom. The van der Waals surface area contributed by atoms with Gasteiger partial charge >= 0.3 is 6.09 Å². The number of rotatable bonds is 4. The summed E-state index contributed by atoms with van der Waals surface area (Å²) in [7, 11) is 0. The molecular formula is C28H32FN7O3. The van der Waals surface area contributed by atoms with Gasteiger partial charge in [-0.3, -0.25) is 4.79 Å². The summed E-state index contributed by atoms with van der Waals surface area (Å²) >= 11 is 0. The quantitative estimate of drug-likeness (QED) is 0.400. The van der Waals surface area contributed by atoms with Gasteiger partial charge in [0.25, 0.3) is 5.91 Å². The molecule has 4 aromatic rings. The van der Waals surface area contributed by atoms with Crippen molar-refractivity contribution in [3.05, 3.63) is 60.4 Å². The molecule has 11 heteroatoms. The fourth-order valence-electron chi connectivity index (χ4n) is 4.78. The van der Waals surface area contributed by atoms with Crippen LogP contribution >= 0.6 is 0 Å². The number of allylic oxidation sites excluding steroid dienone is 1. The number of nitrogens with one attached hydrogen (secondary N) is 1. The fourth-order valence-corrected chi connectivity index (χ4v) is 4.78. The monoisotopic (exact) mass is 533 g/mol. The van der Waals surface area contributed by atoms with Gasteiger partial charge in [-0.2, -0.15) is 5.10 Å². The zero-order valence-electron chi connectivity index (χ0n) is 22.8. The summed E-state index contributed by atoms with van der Waals surface area (Å²) in [5, 5.41) is 8.09. The van der Waals surface area contributed by atoms with E-state index in [1.165, 1.54) is 6.07 Å². The van der Waals surface area contributed by atoms with Crippen molar-refractivity contribution in [1.29, 1.82) is 0 Å². The topological polar surface area (TPSA) is 97.0 Å². The third-order valence-electron chi connectivity index (χ3n) is 6.47. The number of aryl methyl sites for hydroxylation is 1. The van der Waals surface area contributed by atoms with Gasteiger partial charge in [0.1, 0.15) is 5.60 Å². The van der Waals surface area contributed by atoms with E-state index in [4.69, 9.17) is 4.74 Å². The number of halogens is 1. The normalized spacial score (nSPS) is 14.2. The van der Waals surface area contributed by atoms with Gasteiger partial charge in [0.15, 0.2) is 11.5 Å². The Balaban J connectivity index is 1.43. The molecule has 1 aliphatic rings. The van der Waals surface area contributed by atoms with Crippen LogP contribution in [-0.4, -0.2) is 67.8 Å². The molecule has 1 saturated heterocycles. The van der Waals surface area contributed by atoms with Crippen LogP contribution < -0.4 is 10.2 Å². The van der Waals surface area contributed by atoms with Crippen LogP contribution in [0.15, 0.2) is 43.4 Å². The van der Waals surface area contributed by atoms with Crippen LogP contribution in [0.5, 0.6) is 0 Å². The Labute approximate surface area is 225 Å². The van der Waals surface area contributed by atoms with Crippen LogP contribution in [0.3, 0.4) is 0 Å². The lowest BCUT2D eigenvalue weighted by atomic mass is 10.1. The third-order valence-corrected chi connectivity index (χ3v) is 6.47. The number of ether oxygens (including phenoxy) is 1. The number of piperazine rings is 1. The van der Waals surface area contributed by atoms with Crippen molar-refractivity contribution < 1.29 is 18.7 Å². The SMILES string of the molecule is C=C(C)n1ncc2c(N3CCN(C(=O)OC(C)(C)C)CC3)ccc(C(=O)Nc3cc(F)c4nc(C)cn4c3)c21. The highest BCUT2D eigenvalue weighted by molar-refractivity contribution is 6.14. The molecule has 0 unspecified atom stereocenters. The first-order valence-electron chi connectivity index (χ1n) is 12.8. The summed E-state index contributed by atoms with van der Waals surface area (Å²) < 4.78 is 23.3. The molecule has 5 rings (SSSR count). The molecule has 204 valence electrons. The predicted molar refractivity (Wildman–Crippen MR) is 149 cm³/mol. The van der Waals surface area contributed by atoms with Crippen LogP contribution in [0.25, 0.3) is 22.2 Å². The minimum atomic E-state index is -0.552. The standard InChI is InChI=1S/C28H32FN7O3/c1-17(2)36-24-20(26(37)32-19-13-22(29)25-31-18(3)15-35(25)16-19)7-8-23(21(24)14-30-36)33-9-11-34(12-10-33)27(38)39-28(4,5)6/h7-8,13-16H,1,9-12H2,2-6H3,(H,32,37). The number of hydrogen-bond acceptors (Lipinski definition) is 6. The summed E-state index contributed by atoms with van der Waals surface area (Å²) in [4.78, 5) is 34.0. The van der Waals surface area contributed by atoms with Crippen molar-refractivity contribution >= 4 is 45.6 Å². The molecule has 10 nitrogen and oxygen atoms in total. The van der Waals surface area contributed by atoms with Gasteiger partial charge in [0.2, 0.25) is 0 Å². The maximum atomic E-state index is 14.6. The third kappa shape index (κ3) is 5.16. The minimum absolute atomic E-state index is 0.198. The van der Waals surface area contributed by atoms with Gasteiger partial charge in [-0.25, -0.2) is 18.9 Å². The van der Waals surface area contributed by atoms with Crippen molar-refractivity contribution in [3.8, 4) is 0 Å². The first-order chi connectivity index (χ1) is 18.4. The molecule has 0 bridgehead atoms. The van der Waals surface area contributed by atoms with Crippen molar-refractivity contribution in [2.45, 2.75) is 40.2 Å². The van der Waals surface area contributed by atoms with E-state index in [0.29, 0.717) is 54.3 Å². The van der Waals surface area contributed by atoms with Crippen molar-refractivity contribution in [2.75, 3.05) is 36.4 Å². The zero-order chi connectivity index (χ0) is 28.1. The lowest BCUT2D eigenvalue weighted by molar-refractivity contribution is 0.0240. The van der Waals surface area contributed by atoms with Gasteiger partial charge in [-0.15, -0.1) is 0 Å². The number of imidazole rings is 1. The second-order valence-corrected chi connectivity index (χ2v) is 10.8. The van der Waals surface area contributed by atoms with Gasteiger partial charge in [0, 0.05) is 61.4 Å². The first kappa shape index (κ1) is 26.2. The van der Waals surface area contributed by atoms with Crippen LogP contribution in [0.1, 0.15) is 43.7 Å². The Kier molecular flexibility index (Phi) is 6.53. The molecule has 2 amide bonds. The summed E-state index contributed by atoms with van der Waals surface area (Å²) in [5.74, 6) is -0.932. The number of carbonyl (C=O) groups is 2. The molecule has 1 aliphatic heterocycles. The molecule has 4 heterocycles. The smallest absolute Gasteiger partial charge is 0.410 e. The number of hydrogen-bond donors (Lipinski definition) is 1. The second kappa shape index (κ2) is 9.72. The van der Waals surface area contributed by atoms with E-state index in [2.05, 4.69) is 26.9 Å². The molecule has 0 saturated carbocycles. The van der Waals surface area contributed by atoms with E-state index in [-0.39, 0.29) is 11.7 Å². The van der Waals surface area contributed by atoms with E-state index in [9.17, 15) is 14.0 Å². The number of pyridine rings is 1. The summed E-state index contributed by atoms with van der Waals surface area (Å²) in [5.41, 5.74) is 3.15. The van der Waals surface area contributed by atoms with E-state index in [0.717, 1.165) is 11.1 Å². The van der Waals surface area contributed by atoms with Crippen LogP contribution in [0, 0.1) is 12.7 Å². The molecule has 0 atom stereocenters. The highest BCUT2D eigenvalue weighted by Crippen LogP contribution is 2.32. The van der Waals surface area contributed by atoms with E-state index < -0.39 is 17.3 Å².